The fourth-order valence-corrected chi connectivity index (χ4v) is 1.58. The number of anilines is 1. The van der Waals surface area contributed by atoms with E-state index in [0.717, 1.165) is 23.9 Å². The maximum Gasteiger partial charge on any atom is 0.138 e. The lowest BCUT2D eigenvalue weighted by atomic mass is 10.2. The van der Waals surface area contributed by atoms with Gasteiger partial charge in [0.1, 0.15) is 11.6 Å². The first-order chi connectivity index (χ1) is 8.16. The van der Waals surface area contributed by atoms with Gasteiger partial charge in [-0.2, -0.15) is 0 Å². The van der Waals surface area contributed by atoms with Crippen LogP contribution in [0.25, 0.3) is 5.82 Å². The molecule has 2 aromatic rings. The second kappa shape index (κ2) is 4.99. The SMILES string of the molecule is Cc1nccn1-c1ccc(NCC(C)C)cn1. The average molecular weight is 230 g/mol. The van der Waals surface area contributed by atoms with E-state index in [4.69, 9.17) is 0 Å². The Bertz CT molecular complexity index is 470. The van der Waals surface area contributed by atoms with Crippen LogP contribution in [0, 0.1) is 12.8 Å². The summed E-state index contributed by atoms with van der Waals surface area (Å²) in [5.41, 5.74) is 1.06. The summed E-state index contributed by atoms with van der Waals surface area (Å²) in [6.45, 7) is 7.30. The van der Waals surface area contributed by atoms with Crippen molar-refractivity contribution in [2.75, 3.05) is 11.9 Å². The van der Waals surface area contributed by atoms with Gasteiger partial charge in [-0.3, -0.25) is 4.57 Å². The van der Waals surface area contributed by atoms with Crippen molar-refractivity contribution in [2.45, 2.75) is 20.8 Å². The molecule has 0 amide bonds. The Balaban J connectivity index is 2.11. The van der Waals surface area contributed by atoms with Crippen LogP contribution in [-0.2, 0) is 0 Å². The molecule has 0 saturated heterocycles. The maximum atomic E-state index is 4.42. The van der Waals surface area contributed by atoms with Crippen molar-refractivity contribution in [1.82, 2.24) is 14.5 Å². The molecule has 0 aliphatic heterocycles. The highest BCUT2D eigenvalue weighted by Gasteiger charge is 2.01. The zero-order valence-electron chi connectivity index (χ0n) is 10.5. The summed E-state index contributed by atoms with van der Waals surface area (Å²) < 4.78 is 1.96. The van der Waals surface area contributed by atoms with Crippen molar-refractivity contribution in [1.29, 1.82) is 0 Å². The number of hydrogen-bond donors (Lipinski definition) is 1. The number of nitrogens with zero attached hydrogens (tertiary/aromatic N) is 3. The molecule has 0 fully saturated rings. The Morgan fingerprint density at radius 1 is 1.29 bits per heavy atom. The zero-order chi connectivity index (χ0) is 12.3. The molecule has 2 rings (SSSR count). The Kier molecular flexibility index (Phi) is 3.42. The van der Waals surface area contributed by atoms with Crippen LogP contribution in [0.4, 0.5) is 5.69 Å². The van der Waals surface area contributed by atoms with Crippen LogP contribution >= 0.6 is 0 Å². The average Bonchev–Trinajstić information content (AvgIpc) is 2.73. The van der Waals surface area contributed by atoms with Gasteiger partial charge in [-0.15, -0.1) is 0 Å². The summed E-state index contributed by atoms with van der Waals surface area (Å²) in [5, 5.41) is 3.34. The van der Waals surface area contributed by atoms with Crippen molar-refractivity contribution >= 4 is 5.69 Å². The van der Waals surface area contributed by atoms with Crippen LogP contribution in [0.5, 0.6) is 0 Å². The van der Waals surface area contributed by atoms with Gasteiger partial charge in [-0.1, -0.05) is 13.8 Å². The Labute approximate surface area is 102 Å². The molecule has 0 aliphatic rings. The molecule has 0 bridgehead atoms. The molecule has 0 saturated carbocycles. The molecular weight excluding hydrogens is 212 g/mol. The number of aryl methyl sites for hydroxylation is 1. The van der Waals surface area contributed by atoms with Crippen molar-refractivity contribution < 1.29 is 0 Å². The molecule has 4 heteroatoms. The molecule has 0 aromatic carbocycles. The van der Waals surface area contributed by atoms with Crippen LogP contribution < -0.4 is 5.32 Å². The number of hydrogen-bond acceptors (Lipinski definition) is 3. The molecule has 0 radical (unpaired) electrons. The minimum atomic E-state index is 0.630. The van der Waals surface area contributed by atoms with Crippen LogP contribution in [0.1, 0.15) is 19.7 Å². The van der Waals surface area contributed by atoms with Gasteiger partial charge in [0.05, 0.1) is 11.9 Å². The summed E-state index contributed by atoms with van der Waals surface area (Å²) in [7, 11) is 0. The van der Waals surface area contributed by atoms with Crippen molar-refractivity contribution in [3.05, 3.63) is 36.5 Å². The third-order valence-corrected chi connectivity index (χ3v) is 2.53. The highest BCUT2D eigenvalue weighted by atomic mass is 15.1. The fourth-order valence-electron chi connectivity index (χ4n) is 1.58. The van der Waals surface area contributed by atoms with Crippen LogP contribution in [0.15, 0.2) is 30.7 Å². The van der Waals surface area contributed by atoms with Gasteiger partial charge in [0.15, 0.2) is 0 Å². The first-order valence-corrected chi connectivity index (χ1v) is 5.87. The van der Waals surface area contributed by atoms with Crippen LogP contribution in [0.3, 0.4) is 0 Å². The molecular formula is C13H18N4. The third-order valence-electron chi connectivity index (χ3n) is 2.53. The summed E-state index contributed by atoms with van der Waals surface area (Å²) in [6, 6.07) is 4.04. The van der Waals surface area contributed by atoms with E-state index < -0.39 is 0 Å². The second-order valence-electron chi connectivity index (χ2n) is 4.52. The first-order valence-electron chi connectivity index (χ1n) is 5.87. The summed E-state index contributed by atoms with van der Waals surface area (Å²) in [6.07, 6.45) is 5.55. The van der Waals surface area contributed by atoms with E-state index in [1.807, 2.05) is 36.0 Å². The Hall–Kier alpha value is -1.84. The maximum absolute atomic E-state index is 4.42. The number of rotatable bonds is 4. The molecule has 17 heavy (non-hydrogen) atoms. The van der Waals surface area contributed by atoms with E-state index in [0.29, 0.717) is 5.92 Å². The van der Waals surface area contributed by atoms with Gasteiger partial charge in [0.2, 0.25) is 0 Å². The summed E-state index contributed by atoms with van der Waals surface area (Å²) in [5.74, 6) is 2.47. The van der Waals surface area contributed by atoms with E-state index in [-0.39, 0.29) is 0 Å². The first kappa shape index (κ1) is 11.6. The van der Waals surface area contributed by atoms with Crippen LogP contribution in [0.2, 0.25) is 0 Å². The van der Waals surface area contributed by atoms with Crippen LogP contribution in [-0.4, -0.2) is 21.1 Å². The molecule has 1 N–H and O–H groups in total. The second-order valence-corrected chi connectivity index (χ2v) is 4.52. The highest BCUT2D eigenvalue weighted by molar-refractivity contribution is 5.43. The van der Waals surface area contributed by atoms with Gasteiger partial charge in [0, 0.05) is 18.9 Å². The number of aromatic nitrogens is 3. The smallest absolute Gasteiger partial charge is 0.138 e. The predicted molar refractivity (Wildman–Crippen MR) is 69.4 cm³/mol. The minimum Gasteiger partial charge on any atom is -0.384 e. The molecule has 2 aromatic heterocycles. The van der Waals surface area contributed by atoms with E-state index in [9.17, 15) is 0 Å². The molecule has 0 atom stereocenters. The van der Waals surface area contributed by atoms with E-state index >= 15 is 0 Å². The monoisotopic (exact) mass is 230 g/mol. The Morgan fingerprint density at radius 2 is 2.12 bits per heavy atom. The molecule has 90 valence electrons. The summed E-state index contributed by atoms with van der Waals surface area (Å²) in [4.78, 5) is 8.60. The standard InChI is InChI=1S/C13H18N4/c1-10(2)8-15-12-4-5-13(16-9-12)17-7-6-14-11(17)3/h4-7,9-10,15H,8H2,1-3H3. The molecule has 4 nitrogen and oxygen atoms in total. The topological polar surface area (TPSA) is 42.7 Å². The normalized spacial score (nSPS) is 10.8. The van der Waals surface area contributed by atoms with Gasteiger partial charge >= 0.3 is 0 Å². The summed E-state index contributed by atoms with van der Waals surface area (Å²) >= 11 is 0. The lowest BCUT2D eigenvalue weighted by molar-refractivity contribution is 0.688. The van der Waals surface area contributed by atoms with E-state index in [2.05, 4.69) is 29.1 Å². The van der Waals surface area contributed by atoms with E-state index in [1.165, 1.54) is 0 Å². The van der Waals surface area contributed by atoms with Gasteiger partial charge < -0.3 is 5.32 Å². The molecule has 0 unspecified atom stereocenters. The van der Waals surface area contributed by atoms with Gasteiger partial charge in [-0.25, -0.2) is 9.97 Å². The molecule has 0 aliphatic carbocycles. The predicted octanol–water partition coefficient (Wildman–Crippen LogP) is 2.64. The lowest BCUT2D eigenvalue weighted by Crippen LogP contribution is -2.08. The number of pyridine rings is 1. The number of nitrogens with one attached hydrogen (secondary N) is 1. The molecule has 2 heterocycles. The van der Waals surface area contributed by atoms with E-state index in [1.54, 1.807) is 6.20 Å². The van der Waals surface area contributed by atoms with Crippen molar-refractivity contribution in [2.24, 2.45) is 5.92 Å². The lowest BCUT2D eigenvalue weighted by Gasteiger charge is -2.09. The van der Waals surface area contributed by atoms with Crippen molar-refractivity contribution in [3.63, 3.8) is 0 Å². The third kappa shape index (κ3) is 2.84. The quantitative estimate of drug-likeness (QED) is 0.878. The Morgan fingerprint density at radius 3 is 2.65 bits per heavy atom. The molecule has 0 spiro atoms. The minimum absolute atomic E-state index is 0.630. The zero-order valence-corrected chi connectivity index (χ0v) is 10.5. The van der Waals surface area contributed by atoms with Gasteiger partial charge in [0.25, 0.3) is 0 Å². The van der Waals surface area contributed by atoms with Gasteiger partial charge in [-0.05, 0) is 25.0 Å². The largest absolute Gasteiger partial charge is 0.384 e. The highest BCUT2D eigenvalue weighted by Crippen LogP contribution is 2.11. The number of imidazole rings is 1. The fraction of sp³-hybridized carbons (Fsp3) is 0.385. The van der Waals surface area contributed by atoms with Crippen molar-refractivity contribution in [3.8, 4) is 5.82 Å².